The van der Waals surface area contributed by atoms with Gasteiger partial charge in [-0.05, 0) is 0 Å². The number of carbonyl (C=O) groups is 2. The van der Waals surface area contributed by atoms with Crippen LogP contribution >= 0.6 is 0 Å². The van der Waals surface area contributed by atoms with Gasteiger partial charge in [0, 0.05) is 0 Å². The predicted octanol–water partition coefficient (Wildman–Crippen LogP) is 1.76. The molecular formula is C14H12DyN2O2. The summed E-state index contributed by atoms with van der Waals surface area (Å²) in [4.78, 5) is 23.5. The predicted molar refractivity (Wildman–Crippen MR) is 67.8 cm³/mol. The fraction of sp³-hybridized carbons (Fsp3) is 0. The minimum absolute atomic E-state index is 0.165. The number of carbonyl (C=O) groups excluding carboxylic acids is 2. The summed E-state index contributed by atoms with van der Waals surface area (Å²) in [6, 6.07) is 17.8. The first-order valence-corrected chi connectivity index (χ1v) is 7.57. The number of benzene rings is 2. The van der Waals surface area contributed by atoms with E-state index < -0.39 is 35.0 Å². The summed E-state index contributed by atoms with van der Waals surface area (Å²) in [6.07, 6.45) is 0. The molecule has 100 valence electrons. The average Bonchev–Trinajstić information content (AvgIpc) is 2.49. The van der Waals surface area contributed by atoms with E-state index in [1.54, 1.807) is 48.5 Å². The normalized spacial score (nSPS) is 9.89. The van der Waals surface area contributed by atoms with Crippen molar-refractivity contribution in [1.29, 1.82) is 0 Å². The van der Waals surface area contributed by atoms with Crippen LogP contribution in [0.2, 0.25) is 0 Å². The summed E-state index contributed by atoms with van der Waals surface area (Å²) in [5, 5.41) is 0. The minimum atomic E-state index is -0.917. The molecule has 2 aromatic rings. The molecule has 19 heavy (non-hydrogen) atoms. The van der Waals surface area contributed by atoms with Crippen LogP contribution in [0, 0.1) is 35.0 Å². The molecule has 4 nitrogen and oxygen atoms in total. The van der Waals surface area contributed by atoms with Crippen molar-refractivity contribution in [2.75, 3.05) is 0 Å². The zero-order chi connectivity index (χ0) is 13.5. The van der Waals surface area contributed by atoms with Gasteiger partial charge in [0.25, 0.3) is 0 Å². The second kappa shape index (κ2) is 7.29. The van der Waals surface area contributed by atoms with Crippen LogP contribution in [0.3, 0.4) is 0 Å². The van der Waals surface area contributed by atoms with Gasteiger partial charge >= 0.3 is 132 Å². The third-order valence-corrected chi connectivity index (χ3v) is 3.72. The van der Waals surface area contributed by atoms with Crippen molar-refractivity contribution in [2.45, 2.75) is 0 Å². The summed E-state index contributed by atoms with van der Waals surface area (Å²) in [7, 11) is 0. The average molecular weight is 403 g/mol. The molecule has 0 spiro atoms. The number of hydrogen-bond donors (Lipinski definition) is 2. The van der Waals surface area contributed by atoms with Crippen molar-refractivity contribution in [1.82, 2.24) is 3.50 Å². The molecule has 0 unspecified atom stereocenters. The van der Waals surface area contributed by atoms with E-state index in [0.29, 0.717) is 11.1 Å². The summed E-state index contributed by atoms with van der Waals surface area (Å²) in [5.74, 6) is -0.329. The van der Waals surface area contributed by atoms with Gasteiger partial charge in [0.2, 0.25) is 0 Å². The van der Waals surface area contributed by atoms with Crippen LogP contribution in [0.4, 0.5) is 0 Å². The molecule has 0 saturated heterocycles. The van der Waals surface area contributed by atoms with Gasteiger partial charge in [-0.25, -0.2) is 0 Å². The molecule has 0 atom stereocenters. The van der Waals surface area contributed by atoms with Crippen LogP contribution in [-0.4, -0.2) is 11.8 Å². The molecule has 0 radical (unpaired) electrons. The molecule has 2 rings (SSSR count). The Hall–Kier alpha value is -1.35. The summed E-state index contributed by atoms with van der Waals surface area (Å²) >= 11 is -0.917. The van der Waals surface area contributed by atoms with Crippen LogP contribution < -0.4 is 3.50 Å². The first kappa shape index (κ1) is 14.1. The van der Waals surface area contributed by atoms with E-state index in [1.807, 2.05) is 12.1 Å². The van der Waals surface area contributed by atoms with E-state index in [0.717, 1.165) is 0 Å². The molecule has 0 aliphatic rings. The Morgan fingerprint density at radius 2 is 1.05 bits per heavy atom. The van der Waals surface area contributed by atoms with Gasteiger partial charge in [0.05, 0.1) is 0 Å². The Balaban J connectivity index is 1.81. The molecule has 2 N–H and O–H groups in total. The Bertz CT molecular complexity index is 507. The van der Waals surface area contributed by atoms with E-state index >= 15 is 0 Å². The second-order valence-corrected chi connectivity index (χ2v) is 5.15. The molecule has 0 saturated carbocycles. The van der Waals surface area contributed by atoms with Gasteiger partial charge < -0.3 is 0 Å². The molecule has 0 aliphatic carbocycles. The molecule has 0 aromatic heterocycles. The van der Waals surface area contributed by atoms with E-state index in [-0.39, 0.29) is 11.8 Å². The number of amides is 2. The summed E-state index contributed by atoms with van der Waals surface area (Å²) in [5.41, 5.74) is 1.19. The van der Waals surface area contributed by atoms with Crippen molar-refractivity contribution >= 4 is 11.8 Å². The van der Waals surface area contributed by atoms with Gasteiger partial charge in [0.15, 0.2) is 0 Å². The van der Waals surface area contributed by atoms with Crippen LogP contribution in [0.5, 0.6) is 0 Å². The zero-order valence-corrected chi connectivity index (χ0v) is 11.9. The number of nitrogens with one attached hydrogen (secondary N) is 2. The fourth-order valence-corrected chi connectivity index (χ4v) is 2.54. The van der Waals surface area contributed by atoms with E-state index in [9.17, 15) is 9.59 Å². The second-order valence-electron chi connectivity index (χ2n) is 3.63. The van der Waals surface area contributed by atoms with Crippen LogP contribution in [0.1, 0.15) is 20.7 Å². The molecule has 5 heteroatoms. The van der Waals surface area contributed by atoms with Crippen LogP contribution in [0.15, 0.2) is 60.7 Å². The number of rotatable bonds is 4. The van der Waals surface area contributed by atoms with Gasteiger partial charge in [-0.2, -0.15) is 0 Å². The molecule has 2 amide bonds. The van der Waals surface area contributed by atoms with Gasteiger partial charge in [-0.15, -0.1) is 0 Å². The Labute approximate surface area is 131 Å². The topological polar surface area (TPSA) is 58.2 Å². The maximum absolute atomic E-state index is 11.7. The van der Waals surface area contributed by atoms with Crippen LogP contribution in [-0.2, 0) is 0 Å². The summed E-state index contributed by atoms with van der Waals surface area (Å²) in [6.45, 7) is 0. The molecular weight excluding hydrogens is 391 g/mol. The first-order valence-electron chi connectivity index (χ1n) is 5.55. The first-order chi connectivity index (χ1) is 9.27. The molecule has 0 bridgehead atoms. The van der Waals surface area contributed by atoms with Crippen molar-refractivity contribution in [2.24, 2.45) is 0 Å². The summed E-state index contributed by atoms with van der Waals surface area (Å²) < 4.78 is 5.48. The van der Waals surface area contributed by atoms with E-state index in [4.69, 9.17) is 0 Å². The number of hydrogen-bond acceptors (Lipinski definition) is 2. The third-order valence-electron chi connectivity index (χ3n) is 2.29. The van der Waals surface area contributed by atoms with Crippen molar-refractivity contribution in [3.8, 4) is 0 Å². The van der Waals surface area contributed by atoms with Crippen LogP contribution in [0.25, 0.3) is 0 Å². The Kier molecular flexibility index (Phi) is 5.40. The molecule has 0 aliphatic heterocycles. The molecule has 0 heterocycles. The van der Waals surface area contributed by atoms with Crippen molar-refractivity contribution < 1.29 is 44.6 Å². The monoisotopic (exact) mass is 404 g/mol. The van der Waals surface area contributed by atoms with E-state index in [1.165, 1.54) is 0 Å². The van der Waals surface area contributed by atoms with E-state index in [2.05, 4.69) is 3.50 Å². The standard InChI is InChI=1S/2C7H7NO.Dy/c2*8-7(9)6-4-2-1-3-5-6;/h2*1-5H,(H2,8,9);/q;;+2/p-2. The SMILES string of the molecule is O=C([NH][Dy][NH]C(=O)c1ccccc1)c1ccccc1. The molecule has 0 fully saturated rings. The van der Waals surface area contributed by atoms with Gasteiger partial charge in [-0.3, -0.25) is 0 Å². The van der Waals surface area contributed by atoms with Gasteiger partial charge in [0.1, 0.15) is 0 Å². The van der Waals surface area contributed by atoms with Crippen molar-refractivity contribution in [3.63, 3.8) is 0 Å². The zero-order valence-electron chi connectivity index (χ0n) is 9.91. The Morgan fingerprint density at radius 3 is 1.42 bits per heavy atom. The van der Waals surface area contributed by atoms with Gasteiger partial charge in [-0.1, -0.05) is 0 Å². The maximum atomic E-state index is 11.7. The third kappa shape index (κ3) is 4.36. The fourth-order valence-electron chi connectivity index (χ4n) is 1.36. The Morgan fingerprint density at radius 1 is 0.684 bits per heavy atom. The molecule has 2 aromatic carbocycles. The van der Waals surface area contributed by atoms with Crippen molar-refractivity contribution in [3.05, 3.63) is 71.8 Å². The quantitative estimate of drug-likeness (QED) is 0.819.